The molecule has 29 heavy (non-hydrogen) atoms. The molecule has 1 aromatic carbocycles. The summed E-state index contributed by atoms with van der Waals surface area (Å²) in [5, 5.41) is 3.36. The van der Waals surface area contributed by atoms with Crippen molar-refractivity contribution in [2.24, 2.45) is 12.0 Å². The van der Waals surface area contributed by atoms with Gasteiger partial charge in [0.05, 0.1) is 27.9 Å². The Bertz CT molecular complexity index is 792. The quantitative estimate of drug-likeness (QED) is 0.315. The molecule has 0 aliphatic carbocycles. The lowest BCUT2D eigenvalue weighted by Gasteiger charge is -2.22. The largest absolute Gasteiger partial charge is 0.493 e. The highest BCUT2D eigenvalue weighted by Crippen LogP contribution is 2.39. The number of halogens is 1. The van der Waals surface area contributed by atoms with E-state index >= 15 is 0 Å². The predicted octanol–water partition coefficient (Wildman–Crippen LogP) is 3.31. The number of rotatable bonds is 9. The van der Waals surface area contributed by atoms with Crippen molar-refractivity contribution >= 4 is 29.9 Å². The molecular weight excluding hydrogens is 483 g/mol. The van der Waals surface area contributed by atoms with E-state index < -0.39 is 0 Å². The second-order valence-corrected chi connectivity index (χ2v) is 6.45. The molecule has 0 radical (unpaired) electrons. The van der Waals surface area contributed by atoms with Crippen molar-refractivity contribution in [1.82, 2.24) is 14.8 Å². The number of hydrogen-bond donors (Lipinski definition) is 1. The van der Waals surface area contributed by atoms with Crippen LogP contribution in [0, 0.1) is 0 Å². The van der Waals surface area contributed by atoms with Gasteiger partial charge in [-0.3, -0.25) is 4.99 Å². The van der Waals surface area contributed by atoms with E-state index in [0.29, 0.717) is 23.8 Å². The van der Waals surface area contributed by atoms with Gasteiger partial charge in [0.2, 0.25) is 5.75 Å². The third-order valence-corrected chi connectivity index (χ3v) is 4.58. The first-order chi connectivity index (χ1) is 13.5. The number of hydrogen-bond acceptors (Lipinski definition) is 4. The fourth-order valence-electron chi connectivity index (χ4n) is 3.09. The van der Waals surface area contributed by atoms with Crippen molar-refractivity contribution in [2.75, 3.05) is 41.5 Å². The molecule has 0 atom stereocenters. The monoisotopic (exact) mass is 516 g/mol. The summed E-state index contributed by atoms with van der Waals surface area (Å²) < 4.78 is 18.5. The summed E-state index contributed by atoms with van der Waals surface area (Å²) in [6, 6.07) is 8.06. The third kappa shape index (κ3) is 6.45. The van der Waals surface area contributed by atoms with Crippen LogP contribution in [0.5, 0.6) is 17.2 Å². The van der Waals surface area contributed by atoms with Crippen LogP contribution >= 0.6 is 24.0 Å². The normalized spacial score (nSPS) is 10.9. The first-order valence-corrected chi connectivity index (χ1v) is 9.43. The lowest BCUT2D eigenvalue weighted by molar-refractivity contribution is 0.322. The summed E-state index contributed by atoms with van der Waals surface area (Å²) in [5.74, 6) is 2.84. The molecule has 1 aromatic heterocycles. The molecule has 2 rings (SSSR count). The highest BCUT2D eigenvalue weighted by molar-refractivity contribution is 14.0. The molecule has 0 bridgehead atoms. The van der Waals surface area contributed by atoms with E-state index in [2.05, 4.69) is 47.1 Å². The number of aliphatic imine (C=N–C) groups is 1. The molecule has 1 heterocycles. The van der Waals surface area contributed by atoms with E-state index in [1.165, 1.54) is 5.69 Å². The number of aromatic nitrogens is 1. The fourth-order valence-corrected chi connectivity index (χ4v) is 3.09. The molecule has 0 saturated heterocycles. The Hall–Kier alpha value is -2.10. The second kappa shape index (κ2) is 12.5. The van der Waals surface area contributed by atoms with Crippen LogP contribution < -0.4 is 19.5 Å². The lowest BCUT2D eigenvalue weighted by Crippen LogP contribution is -2.39. The summed E-state index contributed by atoms with van der Waals surface area (Å²) in [5.41, 5.74) is 2.26. The molecular formula is C21H33IN4O3. The number of guanidine groups is 1. The van der Waals surface area contributed by atoms with Crippen LogP contribution in [0.4, 0.5) is 0 Å². The molecule has 162 valence electrons. The van der Waals surface area contributed by atoms with Gasteiger partial charge in [-0.2, -0.15) is 0 Å². The lowest BCUT2D eigenvalue weighted by atomic mass is 10.1. The van der Waals surface area contributed by atoms with Gasteiger partial charge in [-0.15, -0.1) is 24.0 Å². The topological polar surface area (TPSA) is 60.3 Å². The van der Waals surface area contributed by atoms with E-state index in [0.717, 1.165) is 31.0 Å². The third-order valence-electron chi connectivity index (χ3n) is 4.58. The SMILES string of the molecule is CCNC(=NCCc1ccc(OC)c(OC)c1OC)N(C)Cc1cccn1C.I. The number of aryl methyl sites for hydroxylation is 1. The summed E-state index contributed by atoms with van der Waals surface area (Å²) in [4.78, 5) is 6.92. The number of ether oxygens (including phenoxy) is 3. The van der Waals surface area contributed by atoms with Crippen molar-refractivity contribution in [2.45, 2.75) is 19.9 Å². The van der Waals surface area contributed by atoms with E-state index in [4.69, 9.17) is 19.2 Å². The maximum absolute atomic E-state index is 5.56. The predicted molar refractivity (Wildman–Crippen MR) is 128 cm³/mol. The smallest absolute Gasteiger partial charge is 0.203 e. The fraction of sp³-hybridized carbons (Fsp3) is 0.476. The summed E-state index contributed by atoms with van der Waals surface area (Å²) >= 11 is 0. The van der Waals surface area contributed by atoms with Gasteiger partial charge >= 0.3 is 0 Å². The molecule has 0 spiro atoms. The van der Waals surface area contributed by atoms with Gasteiger partial charge in [-0.1, -0.05) is 6.07 Å². The summed E-state index contributed by atoms with van der Waals surface area (Å²) in [6.45, 7) is 4.31. The molecule has 0 aliphatic heterocycles. The van der Waals surface area contributed by atoms with Crippen LogP contribution in [0.3, 0.4) is 0 Å². The van der Waals surface area contributed by atoms with Crippen LogP contribution in [-0.4, -0.2) is 56.9 Å². The first-order valence-electron chi connectivity index (χ1n) is 9.43. The van der Waals surface area contributed by atoms with Crippen molar-refractivity contribution in [1.29, 1.82) is 0 Å². The van der Waals surface area contributed by atoms with Crippen LogP contribution in [0.15, 0.2) is 35.5 Å². The minimum atomic E-state index is 0. The summed E-state index contributed by atoms with van der Waals surface area (Å²) in [6.07, 6.45) is 2.78. The first kappa shape index (κ1) is 24.9. The van der Waals surface area contributed by atoms with Crippen molar-refractivity contribution < 1.29 is 14.2 Å². The highest BCUT2D eigenvalue weighted by Gasteiger charge is 2.15. The van der Waals surface area contributed by atoms with Crippen molar-refractivity contribution in [3.05, 3.63) is 41.7 Å². The maximum Gasteiger partial charge on any atom is 0.203 e. The number of nitrogens with zero attached hydrogens (tertiary/aromatic N) is 3. The molecule has 0 amide bonds. The van der Waals surface area contributed by atoms with Gasteiger partial charge < -0.3 is 29.0 Å². The minimum Gasteiger partial charge on any atom is -0.493 e. The average molecular weight is 516 g/mol. The van der Waals surface area contributed by atoms with E-state index in [9.17, 15) is 0 Å². The Balaban J connectivity index is 0.00000420. The molecule has 0 aliphatic rings. The zero-order valence-electron chi connectivity index (χ0n) is 18.2. The van der Waals surface area contributed by atoms with Gasteiger partial charge in [0, 0.05) is 44.6 Å². The molecule has 7 nitrogen and oxygen atoms in total. The van der Waals surface area contributed by atoms with Gasteiger partial charge in [0.15, 0.2) is 17.5 Å². The minimum absolute atomic E-state index is 0. The van der Waals surface area contributed by atoms with Gasteiger partial charge in [0.25, 0.3) is 0 Å². The van der Waals surface area contributed by atoms with Crippen molar-refractivity contribution in [3.8, 4) is 17.2 Å². The molecule has 0 unspecified atom stereocenters. The van der Waals surface area contributed by atoms with E-state index in [-0.39, 0.29) is 24.0 Å². The van der Waals surface area contributed by atoms with E-state index in [1.54, 1.807) is 21.3 Å². The van der Waals surface area contributed by atoms with Gasteiger partial charge in [-0.05, 0) is 31.5 Å². The van der Waals surface area contributed by atoms with Crippen LogP contribution in [0.25, 0.3) is 0 Å². The van der Waals surface area contributed by atoms with E-state index in [1.807, 2.05) is 19.2 Å². The number of benzene rings is 1. The summed E-state index contributed by atoms with van der Waals surface area (Å²) in [7, 11) is 8.97. The van der Waals surface area contributed by atoms with Crippen LogP contribution in [-0.2, 0) is 20.0 Å². The van der Waals surface area contributed by atoms with Crippen LogP contribution in [0.1, 0.15) is 18.2 Å². The maximum atomic E-state index is 5.56. The molecule has 1 N–H and O–H groups in total. The van der Waals surface area contributed by atoms with Crippen LogP contribution in [0.2, 0.25) is 0 Å². The Labute approximate surface area is 191 Å². The zero-order valence-corrected chi connectivity index (χ0v) is 20.5. The zero-order chi connectivity index (χ0) is 20.5. The van der Waals surface area contributed by atoms with Gasteiger partial charge in [-0.25, -0.2) is 0 Å². The second-order valence-electron chi connectivity index (χ2n) is 6.45. The number of nitrogens with one attached hydrogen (secondary N) is 1. The molecule has 0 fully saturated rings. The van der Waals surface area contributed by atoms with Crippen molar-refractivity contribution in [3.63, 3.8) is 0 Å². The number of methoxy groups -OCH3 is 3. The Morgan fingerprint density at radius 3 is 2.38 bits per heavy atom. The molecule has 0 saturated carbocycles. The van der Waals surface area contributed by atoms with Gasteiger partial charge in [0.1, 0.15) is 0 Å². The Morgan fingerprint density at radius 2 is 1.83 bits per heavy atom. The highest BCUT2D eigenvalue weighted by atomic mass is 127. The molecule has 2 aromatic rings. The Kier molecular flexibility index (Phi) is 10.7. The Morgan fingerprint density at radius 1 is 1.10 bits per heavy atom. The molecule has 8 heteroatoms. The standard InChI is InChI=1S/C21H32N4O3.HI/c1-7-22-21(25(3)15-17-9-8-14-24(17)2)23-13-12-16-10-11-18(26-4)20(28-6)19(16)27-5;/h8-11,14H,7,12-13,15H2,1-6H3,(H,22,23);1H. The average Bonchev–Trinajstić information content (AvgIpc) is 3.10.